The molecule has 86 valence electrons. The maximum Gasteiger partial charge on any atom is 0.209 e. The second-order valence-corrected chi connectivity index (χ2v) is 4.94. The van der Waals surface area contributed by atoms with Gasteiger partial charge in [-0.05, 0) is 49.3 Å². The van der Waals surface area contributed by atoms with Crippen molar-refractivity contribution >= 4 is 6.41 Å². The summed E-state index contributed by atoms with van der Waals surface area (Å²) in [5.41, 5.74) is 5.46. The molecular weight excluding hydrogens is 198 g/mol. The van der Waals surface area contributed by atoms with Gasteiger partial charge in [0.05, 0.1) is 0 Å². The van der Waals surface area contributed by atoms with Gasteiger partial charge in [-0.2, -0.15) is 0 Å². The van der Waals surface area contributed by atoms with Gasteiger partial charge in [0.2, 0.25) is 6.41 Å². The van der Waals surface area contributed by atoms with Crippen molar-refractivity contribution in [2.24, 2.45) is 0 Å². The molecule has 1 fully saturated rings. The molecule has 0 bridgehead atoms. The molecule has 1 aromatic carbocycles. The topological polar surface area (TPSA) is 20.3 Å². The molecule has 0 aromatic heterocycles. The van der Waals surface area contributed by atoms with Crippen LogP contribution in [0.2, 0.25) is 0 Å². The molecule has 2 heteroatoms. The summed E-state index contributed by atoms with van der Waals surface area (Å²) in [6, 6.07) is 4.50. The first-order valence-corrected chi connectivity index (χ1v) is 5.87. The smallest absolute Gasteiger partial charge is 0.209 e. The van der Waals surface area contributed by atoms with Crippen molar-refractivity contribution in [1.29, 1.82) is 0 Å². The Bertz CT molecular complexity index is 407. The number of carbonyl (C=O) groups excluding carboxylic acids is 1. The largest absolute Gasteiger partial charge is 0.344 e. The Labute approximate surface area is 97.3 Å². The van der Waals surface area contributed by atoms with Gasteiger partial charge in [-0.3, -0.25) is 4.79 Å². The molecule has 1 aliphatic carbocycles. The fourth-order valence-corrected chi connectivity index (χ4v) is 2.29. The first-order chi connectivity index (χ1) is 7.61. The molecule has 0 radical (unpaired) electrons. The Morgan fingerprint density at radius 1 is 1.38 bits per heavy atom. The zero-order chi connectivity index (χ0) is 11.7. The van der Waals surface area contributed by atoms with Gasteiger partial charge in [0.1, 0.15) is 0 Å². The molecule has 1 amide bonds. The summed E-state index contributed by atoms with van der Waals surface area (Å²) in [4.78, 5) is 12.4. The number of benzene rings is 1. The zero-order valence-electron chi connectivity index (χ0n) is 10.3. The quantitative estimate of drug-likeness (QED) is 0.710. The summed E-state index contributed by atoms with van der Waals surface area (Å²) in [5.74, 6) is 0.744. The molecule has 0 aliphatic heterocycles. The highest BCUT2D eigenvalue weighted by atomic mass is 16.1. The number of rotatable bonds is 4. The van der Waals surface area contributed by atoms with Crippen LogP contribution < -0.4 is 0 Å². The van der Waals surface area contributed by atoms with Gasteiger partial charge < -0.3 is 4.90 Å². The van der Waals surface area contributed by atoms with Gasteiger partial charge in [0, 0.05) is 13.6 Å². The molecule has 2 nitrogen and oxygen atoms in total. The lowest BCUT2D eigenvalue weighted by atomic mass is 9.95. The summed E-state index contributed by atoms with van der Waals surface area (Å²) in [7, 11) is 1.84. The predicted molar refractivity (Wildman–Crippen MR) is 65.4 cm³/mol. The first kappa shape index (κ1) is 11.2. The zero-order valence-corrected chi connectivity index (χ0v) is 10.3. The molecule has 16 heavy (non-hydrogen) atoms. The molecule has 0 heterocycles. The summed E-state index contributed by atoms with van der Waals surface area (Å²) >= 11 is 0. The van der Waals surface area contributed by atoms with Crippen LogP contribution in [0, 0.1) is 13.8 Å². The Morgan fingerprint density at radius 2 is 2.06 bits per heavy atom. The van der Waals surface area contributed by atoms with E-state index in [1.54, 1.807) is 4.90 Å². The van der Waals surface area contributed by atoms with Crippen LogP contribution in [0.5, 0.6) is 0 Å². The molecular formula is C14H19NO. The molecule has 1 saturated carbocycles. The number of aryl methyl sites for hydroxylation is 2. The van der Waals surface area contributed by atoms with Crippen LogP contribution in [0.1, 0.15) is 41.0 Å². The lowest BCUT2D eigenvalue weighted by molar-refractivity contribution is -0.117. The van der Waals surface area contributed by atoms with E-state index in [1.807, 2.05) is 7.05 Å². The molecule has 0 saturated heterocycles. The van der Waals surface area contributed by atoms with E-state index in [0.29, 0.717) is 0 Å². The van der Waals surface area contributed by atoms with Crippen LogP contribution in [-0.4, -0.2) is 18.4 Å². The minimum atomic E-state index is 0.738. The number of amides is 1. The third-order valence-corrected chi connectivity index (χ3v) is 3.26. The van der Waals surface area contributed by atoms with E-state index in [1.165, 1.54) is 35.1 Å². The van der Waals surface area contributed by atoms with Crippen LogP contribution in [0.25, 0.3) is 0 Å². The molecule has 0 N–H and O–H groups in total. The van der Waals surface area contributed by atoms with E-state index in [9.17, 15) is 4.79 Å². The van der Waals surface area contributed by atoms with E-state index < -0.39 is 0 Å². The lowest BCUT2D eigenvalue weighted by Crippen LogP contribution is -2.17. The van der Waals surface area contributed by atoms with Crippen molar-refractivity contribution in [2.45, 2.75) is 39.2 Å². The van der Waals surface area contributed by atoms with Crippen LogP contribution in [0.3, 0.4) is 0 Å². The number of hydrogen-bond acceptors (Lipinski definition) is 1. The van der Waals surface area contributed by atoms with E-state index in [4.69, 9.17) is 0 Å². The van der Waals surface area contributed by atoms with Crippen molar-refractivity contribution in [3.8, 4) is 0 Å². The third kappa shape index (κ3) is 2.26. The van der Waals surface area contributed by atoms with Gasteiger partial charge in [0.25, 0.3) is 0 Å². The average Bonchev–Trinajstić information content (AvgIpc) is 3.04. The Morgan fingerprint density at radius 3 is 2.62 bits per heavy atom. The van der Waals surface area contributed by atoms with Crippen molar-refractivity contribution in [3.05, 3.63) is 34.4 Å². The third-order valence-electron chi connectivity index (χ3n) is 3.26. The molecule has 0 spiro atoms. The summed E-state index contributed by atoms with van der Waals surface area (Å²) in [6.45, 7) is 5.03. The van der Waals surface area contributed by atoms with Gasteiger partial charge in [-0.15, -0.1) is 0 Å². The van der Waals surface area contributed by atoms with E-state index in [-0.39, 0.29) is 0 Å². The minimum Gasteiger partial charge on any atom is -0.344 e. The number of carbonyl (C=O) groups is 1. The number of nitrogens with zero attached hydrogens (tertiary/aromatic N) is 1. The van der Waals surface area contributed by atoms with Gasteiger partial charge in [-0.1, -0.05) is 17.7 Å². The highest BCUT2D eigenvalue weighted by molar-refractivity contribution is 5.49. The maximum absolute atomic E-state index is 10.7. The van der Waals surface area contributed by atoms with Gasteiger partial charge in [-0.25, -0.2) is 0 Å². The number of hydrogen-bond donors (Lipinski definition) is 0. The standard InChI is InChI=1S/C14H19NO/c1-10-6-11(2)14(8-15(3)9-16)13(7-10)12-4-5-12/h6-7,9,12H,4-5,8H2,1-3H3. The molecule has 1 aliphatic rings. The molecule has 0 atom stereocenters. The summed E-state index contributed by atoms with van der Waals surface area (Å²) in [6.07, 6.45) is 3.51. The highest BCUT2D eigenvalue weighted by Gasteiger charge is 2.27. The van der Waals surface area contributed by atoms with Gasteiger partial charge in [0.15, 0.2) is 0 Å². The van der Waals surface area contributed by atoms with Crippen LogP contribution in [0.15, 0.2) is 12.1 Å². The SMILES string of the molecule is Cc1cc(C)c(CN(C)C=O)c(C2CC2)c1. The highest BCUT2D eigenvalue weighted by Crippen LogP contribution is 2.43. The van der Waals surface area contributed by atoms with Crippen molar-refractivity contribution in [2.75, 3.05) is 7.05 Å². The van der Waals surface area contributed by atoms with E-state index in [0.717, 1.165) is 18.9 Å². The van der Waals surface area contributed by atoms with E-state index in [2.05, 4.69) is 26.0 Å². The van der Waals surface area contributed by atoms with E-state index >= 15 is 0 Å². The Kier molecular flexibility index (Phi) is 2.99. The normalized spacial score (nSPS) is 14.9. The lowest BCUT2D eigenvalue weighted by Gasteiger charge is -2.18. The second kappa shape index (κ2) is 4.28. The van der Waals surface area contributed by atoms with Crippen LogP contribution in [0.4, 0.5) is 0 Å². The minimum absolute atomic E-state index is 0.738. The predicted octanol–water partition coefficient (Wildman–Crippen LogP) is 2.77. The monoisotopic (exact) mass is 217 g/mol. The second-order valence-electron chi connectivity index (χ2n) is 4.94. The van der Waals surface area contributed by atoms with Gasteiger partial charge >= 0.3 is 0 Å². The van der Waals surface area contributed by atoms with Crippen molar-refractivity contribution in [1.82, 2.24) is 4.90 Å². The Hall–Kier alpha value is -1.31. The Balaban J connectivity index is 2.36. The van der Waals surface area contributed by atoms with Crippen LogP contribution in [-0.2, 0) is 11.3 Å². The molecule has 2 rings (SSSR count). The van der Waals surface area contributed by atoms with Crippen molar-refractivity contribution < 1.29 is 4.79 Å². The molecule has 1 aromatic rings. The first-order valence-electron chi connectivity index (χ1n) is 5.87. The molecule has 0 unspecified atom stereocenters. The summed E-state index contributed by atoms with van der Waals surface area (Å²) in [5, 5.41) is 0. The maximum atomic E-state index is 10.7. The van der Waals surface area contributed by atoms with Crippen LogP contribution >= 0.6 is 0 Å². The van der Waals surface area contributed by atoms with Crippen molar-refractivity contribution in [3.63, 3.8) is 0 Å². The average molecular weight is 217 g/mol. The fraction of sp³-hybridized carbons (Fsp3) is 0.500. The summed E-state index contributed by atoms with van der Waals surface area (Å²) < 4.78 is 0. The fourth-order valence-electron chi connectivity index (χ4n) is 2.29.